The number of aliphatic hydroxyl groups excluding tert-OH is 1. The van der Waals surface area contributed by atoms with Gasteiger partial charge in [-0.15, -0.1) is 0 Å². The third-order valence-corrected chi connectivity index (χ3v) is 3.35. The van der Waals surface area contributed by atoms with E-state index < -0.39 is 6.10 Å². The lowest BCUT2D eigenvalue weighted by Gasteiger charge is -2.16. The molecule has 1 rings (SSSR count). The van der Waals surface area contributed by atoms with E-state index in [0.717, 1.165) is 4.47 Å². The largest absolute Gasteiger partial charge is 0.497 e. The third-order valence-electron chi connectivity index (χ3n) is 2.66. The van der Waals surface area contributed by atoms with Crippen LogP contribution in [0.15, 0.2) is 22.7 Å². The summed E-state index contributed by atoms with van der Waals surface area (Å²) in [6.07, 6.45) is -0.556. The SMILES string of the molecule is COc1ccc(Br)c(NC(=O)NCC(O)C(C)C)c1. The molecule has 2 amide bonds. The molecule has 0 heterocycles. The third kappa shape index (κ3) is 5.08. The minimum atomic E-state index is -0.556. The summed E-state index contributed by atoms with van der Waals surface area (Å²) in [6.45, 7) is 4.00. The molecule has 0 spiro atoms. The first-order chi connectivity index (χ1) is 8.93. The molecule has 0 aromatic heterocycles. The quantitative estimate of drug-likeness (QED) is 0.777. The van der Waals surface area contributed by atoms with Crippen LogP contribution in [0, 0.1) is 5.92 Å². The van der Waals surface area contributed by atoms with Crippen LogP contribution in [-0.4, -0.2) is 30.9 Å². The Balaban J connectivity index is 2.57. The fourth-order valence-corrected chi connectivity index (χ4v) is 1.67. The molecule has 0 aliphatic heterocycles. The van der Waals surface area contributed by atoms with Gasteiger partial charge in [0.2, 0.25) is 0 Å². The second kappa shape index (κ2) is 7.35. The summed E-state index contributed by atoms with van der Waals surface area (Å²) in [6, 6.07) is 4.92. The highest BCUT2D eigenvalue weighted by atomic mass is 79.9. The van der Waals surface area contributed by atoms with Gasteiger partial charge in [0, 0.05) is 17.1 Å². The summed E-state index contributed by atoms with van der Waals surface area (Å²) in [4.78, 5) is 11.7. The summed E-state index contributed by atoms with van der Waals surface area (Å²) in [7, 11) is 1.56. The second-order valence-corrected chi connectivity index (χ2v) is 5.35. The Bertz CT molecular complexity index is 438. The van der Waals surface area contributed by atoms with Crippen molar-refractivity contribution >= 4 is 27.6 Å². The van der Waals surface area contributed by atoms with E-state index in [1.54, 1.807) is 25.3 Å². The number of hydrogen-bond donors (Lipinski definition) is 3. The van der Waals surface area contributed by atoms with E-state index in [1.165, 1.54) is 0 Å². The first-order valence-corrected chi connectivity index (χ1v) is 6.79. The molecule has 106 valence electrons. The average molecular weight is 331 g/mol. The molecular weight excluding hydrogens is 312 g/mol. The number of hydrogen-bond acceptors (Lipinski definition) is 3. The number of carbonyl (C=O) groups excluding carboxylic acids is 1. The number of rotatable bonds is 5. The average Bonchev–Trinajstić information content (AvgIpc) is 2.38. The van der Waals surface area contributed by atoms with Gasteiger partial charge in [-0.25, -0.2) is 4.79 Å². The van der Waals surface area contributed by atoms with Gasteiger partial charge in [0.15, 0.2) is 0 Å². The van der Waals surface area contributed by atoms with Crippen LogP contribution < -0.4 is 15.4 Å². The number of benzene rings is 1. The highest BCUT2D eigenvalue weighted by Gasteiger charge is 2.11. The maximum absolute atomic E-state index is 11.7. The first kappa shape index (κ1) is 15.8. The molecule has 0 aliphatic rings. The van der Waals surface area contributed by atoms with Gasteiger partial charge in [-0.2, -0.15) is 0 Å². The second-order valence-electron chi connectivity index (χ2n) is 4.49. The number of amides is 2. The van der Waals surface area contributed by atoms with Gasteiger partial charge in [0.1, 0.15) is 5.75 Å². The van der Waals surface area contributed by atoms with Crippen LogP contribution in [0.2, 0.25) is 0 Å². The minimum absolute atomic E-state index is 0.101. The van der Waals surface area contributed by atoms with Gasteiger partial charge in [0.05, 0.1) is 18.9 Å². The summed E-state index contributed by atoms with van der Waals surface area (Å²) in [5, 5.41) is 14.9. The lowest BCUT2D eigenvalue weighted by Crippen LogP contribution is -2.37. The molecule has 1 aromatic rings. The van der Waals surface area contributed by atoms with E-state index in [1.807, 2.05) is 13.8 Å². The number of ether oxygens (including phenoxy) is 1. The standard InChI is InChI=1S/C13H19BrN2O3/c1-8(2)12(17)7-15-13(18)16-11-6-9(19-3)4-5-10(11)14/h4-6,8,12,17H,7H2,1-3H3,(H2,15,16,18). The molecule has 6 heteroatoms. The molecule has 0 bridgehead atoms. The zero-order valence-electron chi connectivity index (χ0n) is 11.2. The minimum Gasteiger partial charge on any atom is -0.497 e. The van der Waals surface area contributed by atoms with Crippen molar-refractivity contribution in [2.75, 3.05) is 19.0 Å². The molecular formula is C13H19BrN2O3. The highest BCUT2D eigenvalue weighted by molar-refractivity contribution is 9.10. The van der Waals surface area contributed by atoms with Crippen molar-refractivity contribution in [3.05, 3.63) is 22.7 Å². The number of methoxy groups -OCH3 is 1. The van der Waals surface area contributed by atoms with E-state index >= 15 is 0 Å². The van der Waals surface area contributed by atoms with Crippen LogP contribution in [-0.2, 0) is 0 Å². The maximum atomic E-state index is 11.7. The van der Waals surface area contributed by atoms with Gasteiger partial charge in [0.25, 0.3) is 0 Å². The molecule has 0 radical (unpaired) electrons. The summed E-state index contributed by atoms with van der Waals surface area (Å²) < 4.78 is 5.85. The lowest BCUT2D eigenvalue weighted by molar-refractivity contribution is 0.126. The number of anilines is 1. The van der Waals surface area contributed by atoms with Crippen molar-refractivity contribution in [1.29, 1.82) is 0 Å². The summed E-state index contributed by atoms with van der Waals surface area (Å²) in [5.74, 6) is 0.754. The van der Waals surface area contributed by atoms with Gasteiger partial charge in [-0.05, 0) is 34.0 Å². The molecule has 1 unspecified atom stereocenters. The summed E-state index contributed by atoms with van der Waals surface area (Å²) in [5.41, 5.74) is 0.607. The Morgan fingerprint density at radius 3 is 2.74 bits per heavy atom. The van der Waals surface area contributed by atoms with Crippen molar-refractivity contribution in [2.24, 2.45) is 5.92 Å². The van der Waals surface area contributed by atoms with Crippen LogP contribution in [0.1, 0.15) is 13.8 Å². The van der Waals surface area contributed by atoms with Crippen molar-refractivity contribution in [3.63, 3.8) is 0 Å². The normalized spacial score (nSPS) is 12.1. The zero-order valence-corrected chi connectivity index (χ0v) is 12.8. The Morgan fingerprint density at radius 2 is 2.16 bits per heavy atom. The van der Waals surface area contributed by atoms with Crippen molar-refractivity contribution < 1.29 is 14.6 Å². The lowest BCUT2D eigenvalue weighted by atomic mass is 10.1. The molecule has 0 saturated carbocycles. The van der Waals surface area contributed by atoms with Crippen molar-refractivity contribution in [2.45, 2.75) is 20.0 Å². The molecule has 0 saturated heterocycles. The Hall–Kier alpha value is -1.27. The topological polar surface area (TPSA) is 70.6 Å². The van der Waals surface area contributed by atoms with Crippen LogP contribution in [0.25, 0.3) is 0 Å². The van der Waals surface area contributed by atoms with Gasteiger partial charge in [-0.3, -0.25) is 0 Å². The number of carbonyl (C=O) groups is 1. The fraction of sp³-hybridized carbons (Fsp3) is 0.462. The molecule has 5 nitrogen and oxygen atoms in total. The Labute approximate surface area is 121 Å². The smallest absolute Gasteiger partial charge is 0.319 e. The van der Waals surface area contributed by atoms with E-state index in [0.29, 0.717) is 11.4 Å². The molecule has 0 aliphatic carbocycles. The van der Waals surface area contributed by atoms with Crippen LogP contribution >= 0.6 is 15.9 Å². The Kier molecular flexibility index (Phi) is 6.11. The maximum Gasteiger partial charge on any atom is 0.319 e. The van der Waals surface area contributed by atoms with Crippen LogP contribution in [0.5, 0.6) is 5.75 Å². The van der Waals surface area contributed by atoms with Crippen LogP contribution in [0.4, 0.5) is 10.5 Å². The molecule has 19 heavy (non-hydrogen) atoms. The van der Waals surface area contributed by atoms with E-state index in [9.17, 15) is 9.90 Å². The Morgan fingerprint density at radius 1 is 1.47 bits per heavy atom. The monoisotopic (exact) mass is 330 g/mol. The van der Waals surface area contributed by atoms with E-state index in [4.69, 9.17) is 4.74 Å². The van der Waals surface area contributed by atoms with Gasteiger partial charge in [-0.1, -0.05) is 13.8 Å². The molecule has 1 aromatic carbocycles. The predicted molar refractivity (Wildman–Crippen MR) is 78.6 cm³/mol. The van der Waals surface area contributed by atoms with Crippen LogP contribution in [0.3, 0.4) is 0 Å². The molecule has 1 atom stereocenters. The highest BCUT2D eigenvalue weighted by Crippen LogP contribution is 2.26. The summed E-state index contributed by atoms with van der Waals surface area (Å²) >= 11 is 3.34. The predicted octanol–water partition coefficient (Wildman–Crippen LogP) is 2.60. The van der Waals surface area contributed by atoms with Gasteiger partial charge >= 0.3 is 6.03 Å². The molecule has 3 N–H and O–H groups in total. The van der Waals surface area contributed by atoms with Gasteiger partial charge < -0.3 is 20.5 Å². The number of urea groups is 1. The fourth-order valence-electron chi connectivity index (χ4n) is 1.33. The number of nitrogens with one attached hydrogen (secondary N) is 2. The van der Waals surface area contributed by atoms with E-state index in [2.05, 4.69) is 26.6 Å². The van der Waals surface area contributed by atoms with E-state index in [-0.39, 0.29) is 18.5 Å². The first-order valence-electron chi connectivity index (χ1n) is 6.00. The number of aliphatic hydroxyl groups is 1. The van der Waals surface area contributed by atoms with Crippen molar-refractivity contribution in [3.8, 4) is 5.75 Å². The molecule has 0 fully saturated rings. The zero-order chi connectivity index (χ0) is 14.4. The van der Waals surface area contributed by atoms with Crippen molar-refractivity contribution in [1.82, 2.24) is 5.32 Å². The number of halogens is 1.